The smallest absolute Gasteiger partial charge is 0.493 e. The van der Waals surface area contributed by atoms with Crippen molar-refractivity contribution >= 4 is 17.5 Å². The number of hydrogen-bond acceptors (Lipinski definition) is 7. The van der Waals surface area contributed by atoms with Crippen LogP contribution in [-0.2, 0) is 0 Å². The van der Waals surface area contributed by atoms with Gasteiger partial charge in [-0.15, -0.1) is 13.2 Å². The topological polar surface area (TPSA) is 77.5 Å². The van der Waals surface area contributed by atoms with E-state index in [-0.39, 0.29) is 11.8 Å². The summed E-state index contributed by atoms with van der Waals surface area (Å²) >= 11 is 0. The number of anilines is 3. The molecule has 3 rings (SSSR count). The van der Waals surface area contributed by atoms with Gasteiger partial charge >= 0.3 is 6.36 Å². The monoisotopic (exact) mass is 462 g/mol. The van der Waals surface area contributed by atoms with Gasteiger partial charge < -0.3 is 24.8 Å². The number of benzene rings is 2. The summed E-state index contributed by atoms with van der Waals surface area (Å²) in [5, 5.41) is 6.39. The Balaban J connectivity index is 1.99. The van der Waals surface area contributed by atoms with Crippen LogP contribution in [-0.4, -0.2) is 36.6 Å². The Morgan fingerprint density at radius 3 is 2.39 bits per heavy atom. The summed E-state index contributed by atoms with van der Waals surface area (Å²) < 4.78 is 52.6. The molecule has 0 unspecified atom stereocenters. The lowest BCUT2D eigenvalue weighted by Crippen LogP contribution is -2.17. The predicted octanol–water partition coefficient (Wildman–Crippen LogP) is 6.01. The number of nitrogens with one attached hydrogen (secondary N) is 2. The molecule has 10 heteroatoms. The van der Waals surface area contributed by atoms with Gasteiger partial charge in [0.05, 0.1) is 19.9 Å². The third-order valence-corrected chi connectivity index (χ3v) is 4.73. The number of hydrogen-bond donors (Lipinski definition) is 2. The average Bonchev–Trinajstić information content (AvgIpc) is 2.77. The lowest BCUT2D eigenvalue weighted by molar-refractivity contribution is -0.274. The molecule has 3 aromatic rings. The van der Waals surface area contributed by atoms with E-state index in [1.807, 2.05) is 13.8 Å². The van der Waals surface area contributed by atoms with Crippen molar-refractivity contribution in [2.75, 3.05) is 24.9 Å². The van der Waals surface area contributed by atoms with Crippen molar-refractivity contribution in [1.82, 2.24) is 9.97 Å². The molecule has 33 heavy (non-hydrogen) atoms. The summed E-state index contributed by atoms with van der Waals surface area (Å²) in [5.74, 6) is 1.57. The number of aromatic nitrogens is 2. The second kappa shape index (κ2) is 10.3. The van der Waals surface area contributed by atoms with Gasteiger partial charge in [0.25, 0.3) is 0 Å². The van der Waals surface area contributed by atoms with E-state index in [1.54, 1.807) is 37.4 Å². The zero-order valence-electron chi connectivity index (χ0n) is 18.7. The van der Waals surface area contributed by atoms with Crippen molar-refractivity contribution in [3.8, 4) is 28.5 Å². The lowest BCUT2D eigenvalue weighted by atomic mass is 10.1. The van der Waals surface area contributed by atoms with Gasteiger partial charge in [0, 0.05) is 29.4 Å². The van der Waals surface area contributed by atoms with Crippen LogP contribution >= 0.6 is 0 Å². The summed E-state index contributed by atoms with van der Waals surface area (Å²) in [6.45, 7) is 4.00. The Hall–Kier alpha value is -3.69. The standard InChI is InChI=1S/C23H25F3N4O3/c1-5-14(2)27-22-29-18(15-7-6-8-17(11-15)33-23(24,25)26)13-21(30-22)28-16-9-10-19(31-3)20(12-16)32-4/h6-14H,5H2,1-4H3,(H2,27,28,29,30)/t14-/m0/s1. The van der Waals surface area contributed by atoms with E-state index >= 15 is 0 Å². The first-order valence-corrected chi connectivity index (χ1v) is 10.2. The van der Waals surface area contributed by atoms with Crippen LogP contribution in [0.5, 0.6) is 17.2 Å². The average molecular weight is 462 g/mol. The molecule has 0 radical (unpaired) electrons. The van der Waals surface area contributed by atoms with E-state index in [1.165, 1.54) is 25.3 Å². The highest BCUT2D eigenvalue weighted by Crippen LogP contribution is 2.32. The fourth-order valence-electron chi connectivity index (χ4n) is 2.96. The number of ether oxygens (including phenoxy) is 3. The zero-order valence-corrected chi connectivity index (χ0v) is 18.7. The summed E-state index contributed by atoms with van der Waals surface area (Å²) in [7, 11) is 3.08. The van der Waals surface area contributed by atoms with Gasteiger partial charge in [0.2, 0.25) is 5.95 Å². The van der Waals surface area contributed by atoms with Crippen LogP contribution in [0.4, 0.5) is 30.6 Å². The first kappa shape index (κ1) is 24.0. The Morgan fingerprint density at radius 2 is 1.73 bits per heavy atom. The Kier molecular flexibility index (Phi) is 7.47. The molecule has 1 atom stereocenters. The largest absolute Gasteiger partial charge is 0.573 e. The summed E-state index contributed by atoms with van der Waals surface area (Å²) in [6, 6.07) is 12.7. The highest BCUT2D eigenvalue weighted by atomic mass is 19.4. The Bertz CT molecular complexity index is 1090. The summed E-state index contributed by atoms with van der Waals surface area (Å²) in [4.78, 5) is 8.99. The molecule has 0 aliphatic heterocycles. The van der Waals surface area contributed by atoms with Gasteiger partial charge in [-0.2, -0.15) is 4.98 Å². The second-order valence-corrected chi connectivity index (χ2v) is 7.19. The molecule has 0 fully saturated rings. The maximum Gasteiger partial charge on any atom is 0.573 e. The minimum absolute atomic E-state index is 0.0917. The van der Waals surface area contributed by atoms with Crippen LogP contribution in [0.15, 0.2) is 48.5 Å². The first-order valence-electron chi connectivity index (χ1n) is 10.2. The third kappa shape index (κ3) is 6.64. The van der Waals surface area contributed by atoms with Gasteiger partial charge in [0.1, 0.15) is 11.6 Å². The molecule has 2 N–H and O–H groups in total. The van der Waals surface area contributed by atoms with Crippen molar-refractivity contribution in [1.29, 1.82) is 0 Å². The Morgan fingerprint density at radius 1 is 0.970 bits per heavy atom. The number of methoxy groups -OCH3 is 2. The van der Waals surface area contributed by atoms with Gasteiger partial charge in [-0.1, -0.05) is 19.1 Å². The molecule has 1 aromatic heterocycles. The SMILES string of the molecule is CC[C@H](C)Nc1nc(Nc2ccc(OC)c(OC)c2)cc(-c2cccc(OC(F)(F)F)c2)n1. The molecule has 1 heterocycles. The van der Waals surface area contributed by atoms with Gasteiger partial charge in [0.15, 0.2) is 11.5 Å². The van der Waals surface area contributed by atoms with Crippen LogP contribution in [0.1, 0.15) is 20.3 Å². The van der Waals surface area contributed by atoms with E-state index in [4.69, 9.17) is 9.47 Å². The van der Waals surface area contributed by atoms with Crippen LogP contribution < -0.4 is 24.8 Å². The van der Waals surface area contributed by atoms with Crippen LogP contribution in [0.25, 0.3) is 11.3 Å². The van der Waals surface area contributed by atoms with E-state index < -0.39 is 6.36 Å². The minimum atomic E-state index is -4.78. The Labute approximate surface area is 189 Å². The lowest BCUT2D eigenvalue weighted by Gasteiger charge is -2.16. The summed E-state index contributed by atoms with van der Waals surface area (Å²) in [5.41, 5.74) is 1.55. The number of halogens is 3. The highest BCUT2D eigenvalue weighted by Gasteiger charge is 2.31. The van der Waals surface area contributed by atoms with E-state index in [0.29, 0.717) is 40.2 Å². The van der Waals surface area contributed by atoms with Crippen molar-refractivity contribution in [3.63, 3.8) is 0 Å². The predicted molar refractivity (Wildman–Crippen MR) is 120 cm³/mol. The van der Waals surface area contributed by atoms with E-state index in [0.717, 1.165) is 6.42 Å². The maximum atomic E-state index is 12.7. The molecule has 176 valence electrons. The number of rotatable bonds is 9. The van der Waals surface area contributed by atoms with Crippen molar-refractivity contribution in [2.45, 2.75) is 32.7 Å². The number of nitrogens with zero attached hydrogens (tertiary/aromatic N) is 2. The molecule has 2 aromatic carbocycles. The molecule has 0 saturated carbocycles. The normalized spacial score (nSPS) is 12.1. The third-order valence-electron chi connectivity index (χ3n) is 4.73. The van der Waals surface area contributed by atoms with Gasteiger partial charge in [-0.3, -0.25) is 0 Å². The quantitative estimate of drug-likeness (QED) is 0.403. The van der Waals surface area contributed by atoms with E-state index in [9.17, 15) is 13.2 Å². The molecular formula is C23H25F3N4O3. The highest BCUT2D eigenvalue weighted by molar-refractivity contribution is 5.69. The van der Waals surface area contributed by atoms with Gasteiger partial charge in [-0.05, 0) is 37.6 Å². The first-order chi connectivity index (χ1) is 15.7. The molecular weight excluding hydrogens is 437 g/mol. The maximum absolute atomic E-state index is 12.7. The minimum Gasteiger partial charge on any atom is -0.493 e. The fraction of sp³-hybridized carbons (Fsp3) is 0.304. The molecule has 0 bridgehead atoms. The van der Waals surface area contributed by atoms with Crippen LogP contribution in [0.2, 0.25) is 0 Å². The molecule has 0 spiro atoms. The van der Waals surface area contributed by atoms with Crippen LogP contribution in [0, 0.1) is 0 Å². The van der Waals surface area contributed by atoms with Crippen LogP contribution in [0.3, 0.4) is 0 Å². The zero-order chi connectivity index (χ0) is 24.0. The molecule has 0 amide bonds. The second-order valence-electron chi connectivity index (χ2n) is 7.19. The van der Waals surface area contributed by atoms with Crippen molar-refractivity contribution in [3.05, 3.63) is 48.5 Å². The number of alkyl halides is 3. The molecule has 0 aliphatic rings. The van der Waals surface area contributed by atoms with Crippen molar-refractivity contribution in [2.24, 2.45) is 0 Å². The molecule has 0 saturated heterocycles. The van der Waals surface area contributed by atoms with Crippen molar-refractivity contribution < 1.29 is 27.4 Å². The fourth-order valence-corrected chi connectivity index (χ4v) is 2.96. The summed E-state index contributed by atoms with van der Waals surface area (Å²) in [6.07, 6.45) is -3.95. The van der Waals surface area contributed by atoms with E-state index in [2.05, 4.69) is 25.3 Å². The molecule has 0 aliphatic carbocycles. The van der Waals surface area contributed by atoms with Gasteiger partial charge in [-0.25, -0.2) is 4.98 Å². The molecule has 7 nitrogen and oxygen atoms in total.